The average molecular weight is 266 g/mol. The van der Waals surface area contributed by atoms with Gasteiger partial charge >= 0.3 is 0 Å². The van der Waals surface area contributed by atoms with Gasteiger partial charge in [-0.3, -0.25) is 0 Å². The van der Waals surface area contributed by atoms with Crippen molar-refractivity contribution in [2.75, 3.05) is 13.7 Å². The van der Waals surface area contributed by atoms with Crippen molar-refractivity contribution in [3.63, 3.8) is 0 Å². The van der Waals surface area contributed by atoms with Crippen LogP contribution in [-0.4, -0.2) is 24.9 Å². The number of hydrogen-bond acceptors (Lipinski definition) is 3. The molecule has 0 saturated carbocycles. The van der Waals surface area contributed by atoms with Gasteiger partial charge in [-0.1, -0.05) is 26.8 Å². The lowest BCUT2D eigenvalue weighted by Gasteiger charge is -2.25. The van der Waals surface area contributed by atoms with E-state index < -0.39 is 0 Å². The molecule has 0 aromatic heterocycles. The van der Waals surface area contributed by atoms with E-state index >= 15 is 0 Å². The van der Waals surface area contributed by atoms with Gasteiger partial charge in [0.05, 0.1) is 19.8 Å². The Morgan fingerprint density at radius 2 is 1.89 bits per heavy atom. The molecule has 19 heavy (non-hydrogen) atoms. The molecule has 0 bridgehead atoms. The number of aliphatic hydroxyl groups excluding tert-OH is 1. The molecule has 1 N–H and O–H groups in total. The van der Waals surface area contributed by atoms with Crippen molar-refractivity contribution in [1.82, 2.24) is 0 Å². The Morgan fingerprint density at radius 3 is 2.42 bits per heavy atom. The Kier molecular flexibility index (Phi) is 5.67. The molecular weight excluding hydrogens is 240 g/mol. The molecule has 1 aromatic carbocycles. The summed E-state index contributed by atoms with van der Waals surface area (Å²) >= 11 is 0. The second kappa shape index (κ2) is 6.80. The first-order valence-corrected chi connectivity index (χ1v) is 6.86. The SMILES string of the molecule is CCOc1cc(CCC(O)C(C)(C)C)ccc1OC. The van der Waals surface area contributed by atoms with E-state index in [1.165, 1.54) is 0 Å². The van der Waals surface area contributed by atoms with Gasteiger partial charge in [0.25, 0.3) is 0 Å². The maximum absolute atomic E-state index is 10.1. The fraction of sp³-hybridized carbons (Fsp3) is 0.625. The average Bonchev–Trinajstić information content (AvgIpc) is 2.35. The molecule has 0 aliphatic carbocycles. The third-order valence-corrected chi connectivity index (χ3v) is 3.23. The van der Waals surface area contributed by atoms with Crippen LogP contribution in [0.15, 0.2) is 18.2 Å². The molecule has 0 aliphatic heterocycles. The van der Waals surface area contributed by atoms with Gasteiger partial charge in [0, 0.05) is 0 Å². The van der Waals surface area contributed by atoms with Crippen molar-refractivity contribution < 1.29 is 14.6 Å². The van der Waals surface area contributed by atoms with E-state index in [1.54, 1.807) is 7.11 Å². The maximum Gasteiger partial charge on any atom is 0.161 e. The zero-order valence-electron chi connectivity index (χ0n) is 12.7. The summed E-state index contributed by atoms with van der Waals surface area (Å²) in [6.45, 7) is 8.73. The maximum atomic E-state index is 10.1. The van der Waals surface area contributed by atoms with Crippen LogP contribution >= 0.6 is 0 Å². The zero-order valence-corrected chi connectivity index (χ0v) is 12.7. The molecule has 1 atom stereocenters. The Balaban J connectivity index is 2.71. The second-order valence-electron chi connectivity index (χ2n) is 5.84. The minimum atomic E-state index is -0.301. The summed E-state index contributed by atoms with van der Waals surface area (Å²) < 4.78 is 10.8. The molecule has 0 aliphatic rings. The third-order valence-electron chi connectivity index (χ3n) is 3.23. The number of ether oxygens (including phenoxy) is 2. The first-order valence-electron chi connectivity index (χ1n) is 6.86. The molecule has 3 heteroatoms. The highest BCUT2D eigenvalue weighted by molar-refractivity contribution is 5.43. The lowest BCUT2D eigenvalue weighted by molar-refractivity contribution is 0.0560. The third kappa shape index (κ3) is 4.75. The molecular formula is C16H26O3. The Morgan fingerprint density at radius 1 is 1.21 bits per heavy atom. The van der Waals surface area contributed by atoms with Gasteiger partial charge in [0.2, 0.25) is 0 Å². The van der Waals surface area contributed by atoms with E-state index in [1.807, 2.05) is 25.1 Å². The summed E-state index contributed by atoms with van der Waals surface area (Å²) in [5.74, 6) is 1.52. The molecule has 0 spiro atoms. The van der Waals surface area contributed by atoms with Crippen molar-refractivity contribution in [1.29, 1.82) is 0 Å². The smallest absolute Gasteiger partial charge is 0.161 e. The van der Waals surface area contributed by atoms with Crippen LogP contribution in [0.3, 0.4) is 0 Å². The van der Waals surface area contributed by atoms with E-state index in [0.29, 0.717) is 6.61 Å². The van der Waals surface area contributed by atoms with E-state index in [0.717, 1.165) is 29.9 Å². The molecule has 0 amide bonds. The van der Waals surface area contributed by atoms with Gasteiger partial charge in [-0.05, 0) is 42.9 Å². The van der Waals surface area contributed by atoms with E-state index in [9.17, 15) is 5.11 Å². The van der Waals surface area contributed by atoms with Gasteiger partial charge in [0.1, 0.15) is 0 Å². The van der Waals surface area contributed by atoms with Gasteiger partial charge in [0.15, 0.2) is 11.5 Å². The normalized spacial score (nSPS) is 13.2. The van der Waals surface area contributed by atoms with Gasteiger partial charge in [-0.15, -0.1) is 0 Å². The molecule has 1 aromatic rings. The molecule has 0 heterocycles. The summed E-state index contributed by atoms with van der Waals surface area (Å²) in [7, 11) is 1.64. The highest BCUT2D eigenvalue weighted by Gasteiger charge is 2.21. The quantitative estimate of drug-likeness (QED) is 0.857. The molecule has 0 radical (unpaired) electrons. The van der Waals surface area contributed by atoms with Gasteiger partial charge in [-0.2, -0.15) is 0 Å². The highest BCUT2D eigenvalue weighted by Crippen LogP contribution is 2.29. The first kappa shape index (κ1) is 15.8. The molecule has 1 rings (SSSR count). The summed E-state index contributed by atoms with van der Waals surface area (Å²) in [5, 5.41) is 10.1. The van der Waals surface area contributed by atoms with Crippen LogP contribution in [0.5, 0.6) is 11.5 Å². The van der Waals surface area contributed by atoms with Gasteiger partial charge < -0.3 is 14.6 Å². The zero-order chi connectivity index (χ0) is 14.5. The van der Waals surface area contributed by atoms with Crippen molar-refractivity contribution in [2.45, 2.75) is 46.6 Å². The predicted molar refractivity (Wildman–Crippen MR) is 77.9 cm³/mol. The molecule has 0 fully saturated rings. The van der Waals surface area contributed by atoms with Gasteiger partial charge in [-0.25, -0.2) is 0 Å². The monoisotopic (exact) mass is 266 g/mol. The molecule has 108 valence electrons. The Hall–Kier alpha value is -1.22. The summed E-state index contributed by atoms with van der Waals surface area (Å²) in [4.78, 5) is 0. The minimum Gasteiger partial charge on any atom is -0.493 e. The van der Waals surface area contributed by atoms with Crippen LogP contribution in [0.1, 0.15) is 39.7 Å². The largest absolute Gasteiger partial charge is 0.493 e. The lowest BCUT2D eigenvalue weighted by atomic mass is 9.86. The standard InChI is InChI=1S/C16H26O3/c1-6-19-14-11-12(7-9-13(14)18-5)8-10-15(17)16(2,3)4/h7,9,11,15,17H,6,8,10H2,1-5H3. The topological polar surface area (TPSA) is 38.7 Å². The number of hydrogen-bond donors (Lipinski definition) is 1. The van der Waals surface area contributed by atoms with E-state index in [-0.39, 0.29) is 11.5 Å². The molecule has 1 unspecified atom stereocenters. The Bertz CT molecular complexity index is 393. The van der Waals surface area contributed by atoms with Crippen LogP contribution in [-0.2, 0) is 6.42 Å². The summed E-state index contributed by atoms with van der Waals surface area (Å²) in [6.07, 6.45) is 1.29. The fourth-order valence-corrected chi connectivity index (χ4v) is 1.88. The van der Waals surface area contributed by atoms with E-state index in [2.05, 4.69) is 20.8 Å². The highest BCUT2D eigenvalue weighted by atomic mass is 16.5. The van der Waals surface area contributed by atoms with Crippen LogP contribution in [0, 0.1) is 5.41 Å². The number of methoxy groups -OCH3 is 1. The van der Waals surface area contributed by atoms with Crippen molar-refractivity contribution in [3.05, 3.63) is 23.8 Å². The van der Waals surface area contributed by atoms with Crippen molar-refractivity contribution in [2.24, 2.45) is 5.41 Å². The fourth-order valence-electron chi connectivity index (χ4n) is 1.88. The summed E-state index contributed by atoms with van der Waals surface area (Å²) in [5.41, 5.74) is 1.09. The van der Waals surface area contributed by atoms with Crippen molar-refractivity contribution in [3.8, 4) is 11.5 Å². The number of benzene rings is 1. The minimum absolute atomic E-state index is 0.0742. The number of aliphatic hydroxyl groups is 1. The number of aryl methyl sites for hydroxylation is 1. The van der Waals surface area contributed by atoms with Crippen LogP contribution in [0.4, 0.5) is 0 Å². The molecule has 3 nitrogen and oxygen atoms in total. The Labute approximate surface area is 116 Å². The van der Waals surface area contributed by atoms with E-state index in [4.69, 9.17) is 9.47 Å². The molecule has 0 saturated heterocycles. The van der Waals surface area contributed by atoms with Crippen LogP contribution < -0.4 is 9.47 Å². The van der Waals surface area contributed by atoms with Crippen LogP contribution in [0.25, 0.3) is 0 Å². The predicted octanol–water partition coefficient (Wildman–Crippen LogP) is 3.43. The lowest BCUT2D eigenvalue weighted by Crippen LogP contribution is -2.26. The van der Waals surface area contributed by atoms with Crippen LogP contribution in [0.2, 0.25) is 0 Å². The first-order chi connectivity index (χ1) is 8.88. The second-order valence-corrected chi connectivity index (χ2v) is 5.84. The van der Waals surface area contributed by atoms with Crippen molar-refractivity contribution >= 4 is 0 Å². The summed E-state index contributed by atoms with van der Waals surface area (Å²) in [6, 6.07) is 5.94. The number of rotatable bonds is 6.